The van der Waals surface area contributed by atoms with E-state index in [1.165, 1.54) is 0 Å². The van der Waals surface area contributed by atoms with E-state index in [1.807, 2.05) is 30.3 Å². The number of hydrogen-bond donors (Lipinski definition) is 2. The molecule has 5 heteroatoms. The van der Waals surface area contributed by atoms with Crippen LogP contribution in [0.4, 0.5) is 0 Å². The fraction of sp³-hybridized carbons (Fsp3) is 0.222. The van der Waals surface area contributed by atoms with Crippen molar-refractivity contribution in [2.75, 3.05) is 20.2 Å². The molecule has 0 aliphatic carbocycles. The predicted molar refractivity (Wildman–Crippen MR) is 88.5 cm³/mol. The summed E-state index contributed by atoms with van der Waals surface area (Å²) in [5.41, 5.74) is 1.52. The Hall–Kier alpha value is -2.82. The van der Waals surface area contributed by atoms with E-state index in [-0.39, 0.29) is 11.8 Å². The lowest BCUT2D eigenvalue weighted by Gasteiger charge is -2.08. The second-order valence-corrected chi connectivity index (χ2v) is 5.00. The summed E-state index contributed by atoms with van der Waals surface area (Å²) >= 11 is 0. The van der Waals surface area contributed by atoms with E-state index in [2.05, 4.69) is 10.6 Å². The molecule has 2 amide bonds. The largest absolute Gasteiger partial charge is 0.497 e. The molecule has 2 aromatic rings. The van der Waals surface area contributed by atoms with Gasteiger partial charge < -0.3 is 15.4 Å². The van der Waals surface area contributed by atoms with Gasteiger partial charge in [0.25, 0.3) is 5.91 Å². The first-order chi connectivity index (χ1) is 11.2. The third-order valence-electron chi connectivity index (χ3n) is 3.29. The van der Waals surface area contributed by atoms with E-state index in [4.69, 9.17) is 4.74 Å². The van der Waals surface area contributed by atoms with Gasteiger partial charge in [-0.15, -0.1) is 0 Å². The lowest BCUT2D eigenvalue weighted by atomic mass is 10.1. The standard InChI is InChI=1S/C18H20N2O3/c1-23-16-9-7-15(8-10-16)18(22)20-12-11-19-17(21)13-14-5-3-2-4-6-14/h2-10H,11-13H2,1H3,(H,19,21)(H,20,22). The Morgan fingerprint density at radius 1 is 0.913 bits per heavy atom. The lowest BCUT2D eigenvalue weighted by molar-refractivity contribution is -0.120. The molecule has 2 N–H and O–H groups in total. The molecule has 23 heavy (non-hydrogen) atoms. The molecule has 0 saturated carbocycles. The Morgan fingerprint density at radius 3 is 2.22 bits per heavy atom. The summed E-state index contributed by atoms with van der Waals surface area (Å²) in [7, 11) is 1.58. The minimum absolute atomic E-state index is 0.0603. The molecule has 0 aliphatic rings. The van der Waals surface area contributed by atoms with Gasteiger partial charge in [0.05, 0.1) is 13.5 Å². The van der Waals surface area contributed by atoms with Crippen LogP contribution >= 0.6 is 0 Å². The summed E-state index contributed by atoms with van der Waals surface area (Å²) in [6.07, 6.45) is 0.341. The van der Waals surface area contributed by atoms with Crippen molar-refractivity contribution in [3.8, 4) is 5.75 Å². The number of hydrogen-bond acceptors (Lipinski definition) is 3. The van der Waals surface area contributed by atoms with Gasteiger partial charge in [0.1, 0.15) is 5.75 Å². The number of amides is 2. The Morgan fingerprint density at radius 2 is 1.57 bits per heavy atom. The predicted octanol–water partition coefficient (Wildman–Crippen LogP) is 1.78. The molecule has 0 unspecified atom stereocenters. The van der Waals surface area contributed by atoms with Crippen molar-refractivity contribution in [2.24, 2.45) is 0 Å². The van der Waals surface area contributed by atoms with E-state index in [0.29, 0.717) is 30.8 Å². The summed E-state index contributed by atoms with van der Waals surface area (Å²) in [5, 5.41) is 5.54. The van der Waals surface area contributed by atoms with Gasteiger partial charge in [-0.2, -0.15) is 0 Å². The van der Waals surface area contributed by atoms with Gasteiger partial charge in [-0.1, -0.05) is 30.3 Å². The molecule has 5 nitrogen and oxygen atoms in total. The zero-order valence-corrected chi connectivity index (χ0v) is 13.0. The molecule has 2 aromatic carbocycles. The molecular formula is C18H20N2O3. The third-order valence-corrected chi connectivity index (χ3v) is 3.29. The maximum atomic E-state index is 11.9. The van der Waals surface area contributed by atoms with Crippen LogP contribution in [0.3, 0.4) is 0 Å². The summed E-state index contributed by atoms with van der Waals surface area (Å²) in [5.74, 6) is 0.467. The molecule has 2 rings (SSSR count). The highest BCUT2D eigenvalue weighted by atomic mass is 16.5. The van der Waals surface area contributed by atoms with E-state index in [9.17, 15) is 9.59 Å². The number of nitrogens with one attached hydrogen (secondary N) is 2. The number of methoxy groups -OCH3 is 1. The van der Waals surface area contributed by atoms with Crippen LogP contribution in [0.1, 0.15) is 15.9 Å². The first-order valence-corrected chi connectivity index (χ1v) is 7.42. The zero-order chi connectivity index (χ0) is 16.5. The van der Waals surface area contributed by atoms with E-state index in [1.54, 1.807) is 31.4 Å². The minimum atomic E-state index is -0.176. The molecule has 0 bridgehead atoms. The molecule has 0 spiro atoms. The molecule has 0 aliphatic heterocycles. The van der Waals surface area contributed by atoms with Crippen LogP contribution in [0.5, 0.6) is 5.75 Å². The summed E-state index contributed by atoms with van der Waals surface area (Å²) in [6, 6.07) is 16.4. The maximum absolute atomic E-state index is 11.9. The smallest absolute Gasteiger partial charge is 0.251 e. The number of ether oxygens (including phenoxy) is 1. The first-order valence-electron chi connectivity index (χ1n) is 7.42. The summed E-state index contributed by atoms with van der Waals surface area (Å²) < 4.78 is 5.04. The fourth-order valence-corrected chi connectivity index (χ4v) is 2.07. The highest BCUT2D eigenvalue weighted by molar-refractivity contribution is 5.94. The van der Waals surface area contributed by atoms with E-state index in [0.717, 1.165) is 5.56 Å². The number of carbonyl (C=O) groups is 2. The van der Waals surface area contributed by atoms with Crippen molar-refractivity contribution in [1.82, 2.24) is 10.6 Å². The Bertz CT molecular complexity index is 639. The number of benzene rings is 2. The Labute approximate surface area is 135 Å². The molecule has 0 aromatic heterocycles. The monoisotopic (exact) mass is 312 g/mol. The van der Waals surface area contributed by atoms with Crippen molar-refractivity contribution in [2.45, 2.75) is 6.42 Å². The van der Waals surface area contributed by atoms with Crippen LogP contribution in [-0.4, -0.2) is 32.0 Å². The zero-order valence-electron chi connectivity index (χ0n) is 13.0. The van der Waals surface area contributed by atoms with Crippen molar-refractivity contribution in [1.29, 1.82) is 0 Å². The van der Waals surface area contributed by atoms with Gasteiger partial charge in [-0.3, -0.25) is 9.59 Å². The van der Waals surface area contributed by atoms with Gasteiger partial charge in [0, 0.05) is 18.7 Å². The normalized spacial score (nSPS) is 9.96. The van der Waals surface area contributed by atoms with Gasteiger partial charge in [0.2, 0.25) is 5.91 Å². The highest BCUT2D eigenvalue weighted by Gasteiger charge is 2.06. The van der Waals surface area contributed by atoms with Crippen molar-refractivity contribution < 1.29 is 14.3 Å². The fourth-order valence-electron chi connectivity index (χ4n) is 2.07. The number of carbonyl (C=O) groups excluding carboxylic acids is 2. The second-order valence-electron chi connectivity index (χ2n) is 5.00. The van der Waals surface area contributed by atoms with Gasteiger partial charge in [-0.25, -0.2) is 0 Å². The van der Waals surface area contributed by atoms with Crippen molar-refractivity contribution in [3.63, 3.8) is 0 Å². The van der Waals surface area contributed by atoms with Gasteiger partial charge in [-0.05, 0) is 29.8 Å². The Kier molecular flexibility index (Phi) is 6.17. The van der Waals surface area contributed by atoms with Crippen LogP contribution in [0.25, 0.3) is 0 Å². The van der Waals surface area contributed by atoms with Crippen LogP contribution < -0.4 is 15.4 Å². The van der Waals surface area contributed by atoms with E-state index >= 15 is 0 Å². The second kappa shape index (κ2) is 8.58. The van der Waals surface area contributed by atoms with Crippen LogP contribution in [-0.2, 0) is 11.2 Å². The number of rotatable bonds is 7. The van der Waals surface area contributed by atoms with Gasteiger partial charge >= 0.3 is 0 Å². The molecule has 0 saturated heterocycles. The van der Waals surface area contributed by atoms with Crippen molar-refractivity contribution >= 4 is 11.8 Å². The summed E-state index contributed by atoms with van der Waals surface area (Å²) in [4.78, 5) is 23.7. The lowest BCUT2D eigenvalue weighted by Crippen LogP contribution is -2.35. The molecular weight excluding hydrogens is 292 g/mol. The molecule has 120 valence electrons. The third kappa shape index (κ3) is 5.47. The molecule has 0 atom stereocenters. The van der Waals surface area contributed by atoms with Crippen LogP contribution in [0.2, 0.25) is 0 Å². The molecule has 0 fully saturated rings. The highest BCUT2D eigenvalue weighted by Crippen LogP contribution is 2.10. The average molecular weight is 312 g/mol. The van der Waals surface area contributed by atoms with Crippen LogP contribution in [0.15, 0.2) is 54.6 Å². The van der Waals surface area contributed by atoms with Gasteiger partial charge in [0.15, 0.2) is 0 Å². The first kappa shape index (κ1) is 16.5. The summed E-state index contributed by atoms with van der Waals surface area (Å²) in [6.45, 7) is 0.777. The minimum Gasteiger partial charge on any atom is -0.497 e. The SMILES string of the molecule is COc1ccc(C(=O)NCCNC(=O)Cc2ccccc2)cc1. The molecule has 0 radical (unpaired) electrons. The maximum Gasteiger partial charge on any atom is 0.251 e. The Balaban J connectivity index is 1.68. The van der Waals surface area contributed by atoms with E-state index < -0.39 is 0 Å². The quantitative estimate of drug-likeness (QED) is 0.766. The molecule has 0 heterocycles. The van der Waals surface area contributed by atoms with Crippen molar-refractivity contribution in [3.05, 3.63) is 65.7 Å². The average Bonchev–Trinajstić information content (AvgIpc) is 2.59. The topological polar surface area (TPSA) is 67.4 Å². The van der Waals surface area contributed by atoms with Crippen LogP contribution in [0, 0.1) is 0 Å².